The molecule has 0 unspecified atom stereocenters. The summed E-state index contributed by atoms with van der Waals surface area (Å²) in [7, 11) is 3.80. The molecule has 0 bridgehead atoms. The number of likely N-dealkylation sites (N-methyl/N-ethyl adjacent to an activating group) is 1. The van der Waals surface area contributed by atoms with Gasteiger partial charge in [0.25, 0.3) is 5.56 Å². The van der Waals surface area contributed by atoms with Crippen molar-refractivity contribution >= 4 is 5.97 Å². The zero-order valence-electron chi connectivity index (χ0n) is 11.6. The van der Waals surface area contributed by atoms with Crippen molar-refractivity contribution in [1.29, 1.82) is 0 Å². The molecule has 0 N–H and O–H groups in total. The van der Waals surface area contributed by atoms with E-state index < -0.39 is 17.1 Å². The summed E-state index contributed by atoms with van der Waals surface area (Å²) in [6, 6.07) is 2.81. The summed E-state index contributed by atoms with van der Waals surface area (Å²) in [5, 5.41) is 10.8. The Morgan fingerprint density at radius 2 is 2.00 bits per heavy atom. The summed E-state index contributed by atoms with van der Waals surface area (Å²) >= 11 is 0. The van der Waals surface area contributed by atoms with Gasteiger partial charge in [0.1, 0.15) is 0 Å². The molecule has 0 saturated heterocycles. The van der Waals surface area contributed by atoms with Crippen molar-refractivity contribution in [3.63, 3.8) is 0 Å². The molecule has 94 valence electrons. The Labute approximate surface area is 119 Å². The first-order valence-corrected chi connectivity index (χ1v) is 5.34. The van der Waals surface area contributed by atoms with Crippen LogP contribution in [0.15, 0.2) is 23.1 Å². The van der Waals surface area contributed by atoms with Gasteiger partial charge >= 0.3 is 18.9 Å². The maximum absolute atomic E-state index is 12.0. The molecule has 1 heterocycles. The van der Waals surface area contributed by atoms with Gasteiger partial charge in [-0.1, -0.05) is 0 Å². The second kappa shape index (κ2) is 6.23. The van der Waals surface area contributed by atoms with Crippen LogP contribution in [0.25, 0.3) is 0 Å². The quantitative estimate of drug-likeness (QED) is 0.516. The topological polar surface area (TPSA) is 65.4 Å². The van der Waals surface area contributed by atoms with E-state index in [1.807, 2.05) is 32.8 Å². The summed E-state index contributed by atoms with van der Waals surface area (Å²) in [5.41, 5.74) is -1.31. The van der Waals surface area contributed by atoms with Gasteiger partial charge in [-0.05, 0) is 40.1 Å². The number of aromatic nitrogens is 1. The Hall–Kier alpha value is -1.02. The molecule has 6 heteroatoms. The molecular weight excluding hydrogens is 227 g/mol. The summed E-state index contributed by atoms with van der Waals surface area (Å²) in [6.45, 7) is 4.39. The Morgan fingerprint density at radius 1 is 1.44 bits per heavy atom. The van der Waals surface area contributed by atoms with Gasteiger partial charge < -0.3 is 19.4 Å². The van der Waals surface area contributed by atoms with Gasteiger partial charge in [0.15, 0.2) is 0 Å². The van der Waals surface area contributed by atoms with Gasteiger partial charge in [-0.3, -0.25) is 4.79 Å². The Kier molecular flexibility index (Phi) is 5.88. The predicted molar refractivity (Wildman–Crippen MR) is 62.9 cm³/mol. The van der Waals surface area contributed by atoms with Crippen LogP contribution >= 0.6 is 0 Å². The molecule has 5 nitrogen and oxygen atoms in total. The summed E-state index contributed by atoms with van der Waals surface area (Å²) < 4.78 is 1.43. The van der Waals surface area contributed by atoms with E-state index in [0.717, 1.165) is 0 Å². The molecule has 0 aromatic carbocycles. The number of pyridine rings is 1. The molecule has 1 aromatic heterocycles. The first kappa shape index (κ1) is 17.0. The second-order valence-electron chi connectivity index (χ2n) is 4.93. The molecule has 0 amide bonds. The largest absolute Gasteiger partial charge is 1.00 e. The molecule has 0 saturated carbocycles. The molecule has 1 rings (SSSR count). The molecule has 0 fully saturated rings. The molecular formula is C12H17LiN2O3. The van der Waals surface area contributed by atoms with E-state index in [4.69, 9.17) is 0 Å². The minimum atomic E-state index is -1.44. The van der Waals surface area contributed by atoms with Gasteiger partial charge in [-0.2, -0.15) is 0 Å². The van der Waals surface area contributed by atoms with E-state index in [1.54, 1.807) is 12.3 Å². The molecule has 1 aromatic rings. The number of hydrogen-bond acceptors (Lipinski definition) is 4. The van der Waals surface area contributed by atoms with Crippen LogP contribution in [-0.4, -0.2) is 36.1 Å². The van der Waals surface area contributed by atoms with Gasteiger partial charge in [-0.25, -0.2) is 0 Å². The molecule has 0 spiro atoms. The van der Waals surface area contributed by atoms with Crippen LogP contribution < -0.4 is 29.5 Å². The summed E-state index contributed by atoms with van der Waals surface area (Å²) in [5.74, 6) is -1.44. The third-order valence-electron chi connectivity index (χ3n) is 2.52. The number of rotatable bonds is 4. The zero-order valence-corrected chi connectivity index (χ0v) is 11.6. The van der Waals surface area contributed by atoms with E-state index in [-0.39, 0.29) is 24.4 Å². The maximum Gasteiger partial charge on any atom is 1.00 e. The van der Waals surface area contributed by atoms with Gasteiger partial charge in [0.05, 0.1) is 17.1 Å². The van der Waals surface area contributed by atoms with Crippen molar-refractivity contribution in [2.45, 2.75) is 19.4 Å². The number of carboxylic acid groups (broad SMARTS) is 1. The normalized spacial score (nSPS) is 11.2. The minimum Gasteiger partial charge on any atom is -0.545 e. The average Bonchev–Trinajstić information content (AvgIpc) is 2.14. The van der Waals surface area contributed by atoms with Gasteiger partial charge in [0.2, 0.25) is 0 Å². The van der Waals surface area contributed by atoms with Crippen LogP contribution in [0.3, 0.4) is 0 Å². The number of hydrogen-bond donors (Lipinski definition) is 0. The predicted octanol–water partition coefficient (Wildman–Crippen LogP) is -3.49. The number of nitrogens with zero attached hydrogens (tertiary/aromatic N) is 2. The van der Waals surface area contributed by atoms with E-state index in [0.29, 0.717) is 6.54 Å². The second-order valence-corrected chi connectivity index (χ2v) is 4.93. The van der Waals surface area contributed by atoms with E-state index in [1.165, 1.54) is 10.6 Å². The van der Waals surface area contributed by atoms with Crippen LogP contribution in [0.5, 0.6) is 0 Å². The Bertz CT molecular complexity index is 480. The maximum atomic E-state index is 12.0. The fourth-order valence-corrected chi connectivity index (χ4v) is 1.98. The monoisotopic (exact) mass is 244 g/mol. The molecule has 0 radical (unpaired) electrons. The van der Waals surface area contributed by atoms with E-state index >= 15 is 0 Å². The van der Waals surface area contributed by atoms with Crippen molar-refractivity contribution in [2.24, 2.45) is 0 Å². The van der Waals surface area contributed by atoms with Crippen molar-refractivity contribution in [2.75, 3.05) is 20.6 Å². The summed E-state index contributed by atoms with van der Waals surface area (Å²) in [4.78, 5) is 24.7. The van der Waals surface area contributed by atoms with Crippen LogP contribution in [0.4, 0.5) is 0 Å². The van der Waals surface area contributed by atoms with E-state index in [9.17, 15) is 14.7 Å². The van der Waals surface area contributed by atoms with Crippen molar-refractivity contribution in [1.82, 2.24) is 9.47 Å². The third-order valence-corrected chi connectivity index (χ3v) is 2.52. The molecule has 18 heavy (non-hydrogen) atoms. The van der Waals surface area contributed by atoms with E-state index in [2.05, 4.69) is 0 Å². The van der Waals surface area contributed by atoms with Gasteiger partial charge in [-0.15, -0.1) is 0 Å². The van der Waals surface area contributed by atoms with Crippen LogP contribution in [-0.2, 0) is 5.54 Å². The number of carbonyl (C=O) groups is 1. The SMILES string of the molecule is CN(C)CC(C)(C)n1cccc(C(=O)[O-])c1=O.[Li+]. The zero-order chi connectivity index (χ0) is 13.2. The smallest absolute Gasteiger partial charge is 0.545 e. The fourth-order valence-electron chi connectivity index (χ4n) is 1.98. The van der Waals surface area contributed by atoms with Crippen LogP contribution in [0.2, 0.25) is 0 Å². The first-order chi connectivity index (χ1) is 7.75. The number of carbonyl (C=O) groups excluding carboxylic acids is 1. The number of carboxylic acids is 1. The third kappa shape index (κ3) is 3.74. The van der Waals surface area contributed by atoms with Crippen molar-refractivity contribution in [3.05, 3.63) is 34.2 Å². The van der Waals surface area contributed by atoms with Crippen LogP contribution in [0, 0.1) is 0 Å². The first-order valence-electron chi connectivity index (χ1n) is 5.34. The fraction of sp³-hybridized carbons (Fsp3) is 0.500. The summed E-state index contributed by atoms with van der Waals surface area (Å²) in [6.07, 6.45) is 1.60. The van der Waals surface area contributed by atoms with Gasteiger partial charge in [0, 0.05) is 12.7 Å². The molecule has 0 atom stereocenters. The Balaban J connectivity index is 0.00000289. The molecule has 0 aliphatic rings. The van der Waals surface area contributed by atoms with Crippen LogP contribution in [0.1, 0.15) is 24.2 Å². The molecule has 0 aliphatic carbocycles. The Morgan fingerprint density at radius 3 is 2.44 bits per heavy atom. The molecule has 0 aliphatic heterocycles. The average molecular weight is 244 g/mol. The minimum absolute atomic E-state index is 0. The van der Waals surface area contributed by atoms with Crippen molar-refractivity contribution in [3.8, 4) is 0 Å². The van der Waals surface area contributed by atoms with Crippen molar-refractivity contribution < 1.29 is 28.8 Å². The standard InChI is InChI=1S/C12H18N2O3.Li/c1-12(2,8-13(3)4)14-7-5-6-9(10(14)15)11(16)17;/h5-7H,8H2,1-4H3,(H,16,17);/q;+1/p-1. The number of aromatic carboxylic acids is 1.